The first-order chi connectivity index (χ1) is 9.81. The molecule has 2 aromatic heterocycles. The van der Waals surface area contributed by atoms with E-state index < -0.39 is 0 Å². The highest BCUT2D eigenvalue weighted by atomic mass is 32.1. The largest absolute Gasteiger partial charge is 0.481 e. The van der Waals surface area contributed by atoms with Crippen LogP contribution in [0.25, 0.3) is 11.0 Å². The van der Waals surface area contributed by atoms with Crippen molar-refractivity contribution < 1.29 is 9.15 Å². The molecule has 1 N–H and O–H groups in total. The molecule has 0 aliphatic heterocycles. The van der Waals surface area contributed by atoms with Gasteiger partial charge in [-0.15, -0.1) is 10.2 Å². The van der Waals surface area contributed by atoms with Crippen molar-refractivity contribution in [1.82, 2.24) is 10.2 Å². The molecule has 3 aromatic rings. The number of nitrogens with zero attached hydrogens (tertiary/aromatic N) is 3. The summed E-state index contributed by atoms with van der Waals surface area (Å²) in [5, 5.41) is 22.2. The SMILES string of the molecule is CNc1nnc(COc2c(C#N)oc3ccccc23)s1. The quantitative estimate of drug-likeness (QED) is 0.794. The van der Waals surface area contributed by atoms with Crippen LogP contribution in [0.5, 0.6) is 5.75 Å². The van der Waals surface area contributed by atoms with E-state index in [-0.39, 0.29) is 12.4 Å². The molecule has 0 saturated heterocycles. The van der Waals surface area contributed by atoms with E-state index in [0.717, 1.165) is 15.5 Å². The number of benzene rings is 1. The normalized spacial score (nSPS) is 10.4. The second-order valence-electron chi connectivity index (χ2n) is 3.91. The van der Waals surface area contributed by atoms with Crippen molar-refractivity contribution in [3.8, 4) is 11.8 Å². The van der Waals surface area contributed by atoms with Gasteiger partial charge in [-0.1, -0.05) is 23.5 Å². The van der Waals surface area contributed by atoms with E-state index in [1.807, 2.05) is 24.3 Å². The molecule has 6 nitrogen and oxygen atoms in total. The Balaban J connectivity index is 1.88. The van der Waals surface area contributed by atoms with Crippen molar-refractivity contribution in [2.45, 2.75) is 6.61 Å². The van der Waals surface area contributed by atoms with Gasteiger partial charge in [-0.3, -0.25) is 0 Å². The molecule has 7 heteroatoms. The molecular formula is C13H10N4O2S. The zero-order valence-electron chi connectivity index (χ0n) is 10.6. The van der Waals surface area contributed by atoms with Crippen LogP contribution in [-0.4, -0.2) is 17.2 Å². The van der Waals surface area contributed by atoms with Crippen molar-refractivity contribution in [2.75, 3.05) is 12.4 Å². The molecule has 0 fully saturated rings. The molecule has 0 bridgehead atoms. The first kappa shape index (κ1) is 12.4. The summed E-state index contributed by atoms with van der Waals surface area (Å²) in [5.74, 6) is 0.619. The lowest BCUT2D eigenvalue weighted by Crippen LogP contribution is -1.95. The highest BCUT2D eigenvalue weighted by Crippen LogP contribution is 2.33. The van der Waals surface area contributed by atoms with E-state index in [4.69, 9.17) is 14.4 Å². The molecule has 100 valence electrons. The minimum Gasteiger partial charge on any atom is -0.481 e. The summed E-state index contributed by atoms with van der Waals surface area (Å²) in [6.45, 7) is 0.248. The number of para-hydroxylation sites is 1. The maximum atomic E-state index is 9.10. The van der Waals surface area contributed by atoms with Gasteiger partial charge in [0.05, 0.1) is 5.39 Å². The predicted octanol–water partition coefficient (Wildman–Crippen LogP) is 2.78. The van der Waals surface area contributed by atoms with Crippen molar-refractivity contribution >= 4 is 27.4 Å². The zero-order valence-corrected chi connectivity index (χ0v) is 11.4. The summed E-state index contributed by atoms with van der Waals surface area (Å²) in [7, 11) is 1.78. The number of nitriles is 1. The van der Waals surface area contributed by atoms with Gasteiger partial charge in [0.1, 0.15) is 18.3 Å². The van der Waals surface area contributed by atoms with Gasteiger partial charge < -0.3 is 14.5 Å². The Kier molecular flexibility index (Phi) is 3.23. The minimum atomic E-state index is 0.171. The first-order valence-corrected chi connectivity index (χ1v) is 6.68. The molecule has 0 unspecified atom stereocenters. The third-order valence-electron chi connectivity index (χ3n) is 2.67. The van der Waals surface area contributed by atoms with Gasteiger partial charge in [-0.2, -0.15) is 5.26 Å². The number of rotatable bonds is 4. The lowest BCUT2D eigenvalue weighted by molar-refractivity contribution is 0.302. The number of anilines is 1. The molecule has 0 aliphatic rings. The number of nitrogens with one attached hydrogen (secondary N) is 1. The van der Waals surface area contributed by atoms with Gasteiger partial charge >= 0.3 is 0 Å². The summed E-state index contributed by atoms with van der Waals surface area (Å²) >= 11 is 1.40. The van der Waals surface area contributed by atoms with Crippen LogP contribution in [0.15, 0.2) is 28.7 Å². The fourth-order valence-corrected chi connectivity index (χ4v) is 2.39. The van der Waals surface area contributed by atoms with Crippen molar-refractivity contribution in [3.63, 3.8) is 0 Å². The summed E-state index contributed by atoms with van der Waals surface area (Å²) < 4.78 is 11.1. The van der Waals surface area contributed by atoms with Crippen LogP contribution in [-0.2, 0) is 6.61 Å². The number of ether oxygens (including phenoxy) is 1. The third-order valence-corrected chi connectivity index (χ3v) is 3.59. The standard InChI is InChI=1S/C13H10N4O2S/c1-15-13-17-16-11(20-13)7-18-12-8-4-2-3-5-9(8)19-10(12)6-14/h2-5H,7H2,1H3,(H,15,17). The molecule has 2 heterocycles. The average molecular weight is 286 g/mol. The number of fused-ring (bicyclic) bond motifs is 1. The van der Waals surface area contributed by atoms with Crippen molar-refractivity contribution in [1.29, 1.82) is 5.26 Å². The number of furan rings is 1. The summed E-state index contributed by atoms with van der Waals surface area (Å²) in [4.78, 5) is 0. The van der Waals surface area contributed by atoms with Crippen LogP contribution in [0, 0.1) is 11.3 Å². The van der Waals surface area contributed by atoms with Gasteiger partial charge in [0, 0.05) is 7.05 Å². The Morgan fingerprint density at radius 3 is 3.00 bits per heavy atom. The Morgan fingerprint density at radius 2 is 2.25 bits per heavy atom. The molecule has 0 spiro atoms. The van der Waals surface area contributed by atoms with Crippen LogP contribution in [0.3, 0.4) is 0 Å². The van der Waals surface area contributed by atoms with Crippen molar-refractivity contribution in [3.05, 3.63) is 35.0 Å². The third kappa shape index (κ3) is 2.17. The molecule has 0 radical (unpaired) electrons. The van der Waals surface area contributed by atoms with Gasteiger partial charge in [0.25, 0.3) is 0 Å². The van der Waals surface area contributed by atoms with Crippen molar-refractivity contribution in [2.24, 2.45) is 0 Å². The Morgan fingerprint density at radius 1 is 1.40 bits per heavy atom. The molecule has 0 amide bonds. The highest BCUT2D eigenvalue weighted by molar-refractivity contribution is 7.15. The van der Waals surface area contributed by atoms with E-state index in [2.05, 4.69) is 15.5 Å². The van der Waals surface area contributed by atoms with Crippen LogP contribution in [0.1, 0.15) is 10.8 Å². The zero-order chi connectivity index (χ0) is 13.9. The van der Waals surface area contributed by atoms with E-state index >= 15 is 0 Å². The van der Waals surface area contributed by atoms with E-state index in [1.54, 1.807) is 13.1 Å². The predicted molar refractivity (Wildman–Crippen MR) is 74.7 cm³/mol. The summed E-state index contributed by atoms with van der Waals surface area (Å²) in [6.07, 6.45) is 0. The Labute approximate surface area is 118 Å². The molecule has 0 atom stereocenters. The average Bonchev–Trinajstić information content (AvgIpc) is 3.08. The summed E-state index contributed by atoms with van der Waals surface area (Å²) in [6, 6.07) is 9.37. The smallest absolute Gasteiger partial charge is 0.246 e. The molecule has 0 saturated carbocycles. The topological polar surface area (TPSA) is 84.0 Å². The van der Waals surface area contributed by atoms with E-state index in [9.17, 15) is 0 Å². The fraction of sp³-hybridized carbons (Fsp3) is 0.154. The maximum Gasteiger partial charge on any atom is 0.246 e. The van der Waals surface area contributed by atoms with Crippen LogP contribution in [0.4, 0.5) is 5.13 Å². The molecule has 3 rings (SSSR count). The monoisotopic (exact) mass is 286 g/mol. The van der Waals surface area contributed by atoms with Crippen LogP contribution >= 0.6 is 11.3 Å². The molecule has 0 aliphatic carbocycles. The van der Waals surface area contributed by atoms with Gasteiger partial charge in [-0.25, -0.2) is 0 Å². The van der Waals surface area contributed by atoms with E-state index in [1.165, 1.54) is 11.3 Å². The lowest BCUT2D eigenvalue weighted by Gasteiger charge is -2.00. The first-order valence-electron chi connectivity index (χ1n) is 5.86. The number of aromatic nitrogens is 2. The molecule has 20 heavy (non-hydrogen) atoms. The molecule has 1 aromatic carbocycles. The number of hydrogen-bond donors (Lipinski definition) is 1. The highest BCUT2D eigenvalue weighted by Gasteiger charge is 2.15. The van der Waals surface area contributed by atoms with Gasteiger partial charge in [-0.05, 0) is 12.1 Å². The summed E-state index contributed by atoms with van der Waals surface area (Å²) in [5.41, 5.74) is 0.632. The van der Waals surface area contributed by atoms with Gasteiger partial charge in [0.15, 0.2) is 10.8 Å². The second kappa shape index (κ2) is 5.19. The second-order valence-corrected chi connectivity index (χ2v) is 4.97. The van der Waals surface area contributed by atoms with E-state index in [0.29, 0.717) is 11.3 Å². The molecular weight excluding hydrogens is 276 g/mol. The number of hydrogen-bond acceptors (Lipinski definition) is 7. The maximum absolute atomic E-state index is 9.10. The minimum absolute atomic E-state index is 0.171. The lowest BCUT2D eigenvalue weighted by atomic mass is 10.2. The Hall–Kier alpha value is -2.59. The van der Waals surface area contributed by atoms with Gasteiger partial charge in [0.2, 0.25) is 10.9 Å². The van der Waals surface area contributed by atoms with Crippen LogP contribution in [0.2, 0.25) is 0 Å². The van der Waals surface area contributed by atoms with Crippen LogP contribution < -0.4 is 10.1 Å². The Bertz CT molecular complexity index is 787. The fourth-order valence-electron chi connectivity index (χ4n) is 1.79.